The van der Waals surface area contributed by atoms with Crippen LogP contribution in [0.5, 0.6) is 0 Å². The molecule has 2 aromatic heterocycles. The first-order valence-corrected chi connectivity index (χ1v) is 6.74. The average molecular weight is 275 g/mol. The smallest absolute Gasteiger partial charge is 0.249 e. The lowest BCUT2D eigenvalue weighted by molar-refractivity contribution is 0.411. The molecular formula is C14H21N5O. The monoisotopic (exact) mass is 275 g/mol. The van der Waals surface area contributed by atoms with Gasteiger partial charge in [-0.05, 0) is 40.7 Å². The summed E-state index contributed by atoms with van der Waals surface area (Å²) in [7, 11) is 0. The predicted molar refractivity (Wildman–Crippen MR) is 76.3 cm³/mol. The Bertz CT molecular complexity index is 585. The van der Waals surface area contributed by atoms with E-state index in [1.54, 1.807) is 0 Å². The van der Waals surface area contributed by atoms with Crippen LogP contribution in [0.25, 0.3) is 11.5 Å². The van der Waals surface area contributed by atoms with Crippen LogP contribution in [0.15, 0.2) is 10.5 Å². The molecule has 0 atom stereocenters. The van der Waals surface area contributed by atoms with Gasteiger partial charge in [0.15, 0.2) is 0 Å². The van der Waals surface area contributed by atoms with Gasteiger partial charge in [-0.2, -0.15) is 10.2 Å². The van der Waals surface area contributed by atoms with Gasteiger partial charge in [0.1, 0.15) is 0 Å². The van der Waals surface area contributed by atoms with Crippen LogP contribution >= 0.6 is 0 Å². The molecule has 0 bridgehead atoms. The van der Waals surface area contributed by atoms with Crippen LogP contribution in [0, 0.1) is 13.8 Å². The van der Waals surface area contributed by atoms with E-state index in [-0.39, 0.29) is 5.54 Å². The van der Waals surface area contributed by atoms with Crippen molar-refractivity contribution in [2.24, 2.45) is 0 Å². The standard InChI is InChI=1S/C14H21N5O/c1-9-8-11(10(2)17-16-9)13-19-18-12(20-13)6-7-15-14(3,4)5/h8,15H,6-7H2,1-5H3. The van der Waals surface area contributed by atoms with Crippen molar-refractivity contribution in [3.8, 4) is 11.5 Å². The highest BCUT2D eigenvalue weighted by Gasteiger charge is 2.14. The van der Waals surface area contributed by atoms with E-state index in [1.165, 1.54) is 0 Å². The lowest BCUT2D eigenvalue weighted by Gasteiger charge is -2.19. The zero-order chi connectivity index (χ0) is 14.8. The molecule has 1 N–H and O–H groups in total. The summed E-state index contributed by atoms with van der Waals surface area (Å²) >= 11 is 0. The van der Waals surface area contributed by atoms with E-state index in [0.29, 0.717) is 18.2 Å². The highest BCUT2D eigenvalue weighted by atomic mass is 16.4. The summed E-state index contributed by atoms with van der Waals surface area (Å²) in [5.41, 5.74) is 2.56. The Morgan fingerprint density at radius 3 is 2.55 bits per heavy atom. The lowest BCUT2D eigenvalue weighted by Crippen LogP contribution is -2.37. The fraction of sp³-hybridized carbons (Fsp3) is 0.571. The number of aryl methyl sites for hydroxylation is 2. The number of aromatic nitrogens is 4. The zero-order valence-corrected chi connectivity index (χ0v) is 12.7. The van der Waals surface area contributed by atoms with E-state index >= 15 is 0 Å². The summed E-state index contributed by atoms with van der Waals surface area (Å²) in [5, 5.41) is 19.6. The van der Waals surface area contributed by atoms with Gasteiger partial charge >= 0.3 is 0 Å². The molecule has 2 rings (SSSR count). The van der Waals surface area contributed by atoms with Gasteiger partial charge in [0, 0.05) is 18.5 Å². The Balaban J connectivity index is 2.07. The highest BCUT2D eigenvalue weighted by Crippen LogP contribution is 2.20. The van der Waals surface area contributed by atoms with Crippen molar-refractivity contribution in [2.75, 3.05) is 6.54 Å². The molecule has 0 amide bonds. The Morgan fingerprint density at radius 1 is 1.10 bits per heavy atom. The molecule has 2 aromatic rings. The average Bonchev–Trinajstić information content (AvgIpc) is 2.79. The third kappa shape index (κ3) is 3.84. The third-order valence-electron chi connectivity index (χ3n) is 2.79. The molecule has 6 heteroatoms. The van der Waals surface area contributed by atoms with Crippen molar-refractivity contribution >= 4 is 0 Å². The Kier molecular flexibility index (Phi) is 4.13. The van der Waals surface area contributed by atoms with Crippen molar-refractivity contribution in [3.63, 3.8) is 0 Å². The highest BCUT2D eigenvalue weighted by molar-refractivity contribution is 5.55. The molecule has 0 radical (unpaired) electrons. The molecule has 108 valence electrons. The molecular weight excluding hydrogens is 254 g/mol. The summed E-state index contributed by atoms with van der Waals surface area (Å²) in [6.07, 6.45) is 0.709. The summed E-state index contributed by atoms with van der Waals surface area (Å²) < 4.78 is 5.69. The second-order valence-corrected chi connectivity index (χ2v) is 5.91. The molecule has 0 saturated heterocycles. The van der Waals surface area contributed by atoms with Gasteiger partial charge in [-0.25, -0.2) is 0 Å². The molecule has 0 aliphatic heterocycles. The number of hydrogen-bond donors (Lipinski definition) is 1. The molecule has 0 aromatic carbocycles. The minimum atomic E-state index is 0.0889. The lowest BCUT2D eigenvalue weighted by atomic mass is 10.1. The predicted octanol–water partition coefficient (Wildman–Crippen LogP) is 2.07. The van der Waals surface area contributed by atoms with E-state index in [2.05, 4.69) is 46.5 Å². The van der Waals surface area contributed by atoms with Crippen molar-refractivity contribution in [1.82, 2.24) is 25.7 Å². The van der Waals surface area contributed by atoms with E-state index in [4.69, 9.17) is 4.42 Å². The van der Waals surface area contributed by atoms with Gasteiger partial charge in [0.25, 0.3) is 0 Å². The molecule has 0 aliphatic rings. The topological polar surface area (TPSA) is 76.7 Å². The van der Waals surface area contributed by atoms with Gasteiger partial charge in [-0.15, -0.1) is 10.2 Å². The van der Waals surface area contributed by atoms with E-state index in [0.717, 1.165) is 23.5 Å². The quantitative estimate of drug-likeness (QED) is 0.920. The minimum absolute atomic E-state index is 0.0889. The number of nitrogens with zero attached hydrogens (tertiary/aromatic N) is 4. The number of hydrogen-bond acceptors (Lipinski definition) is 6. The fourth-order valence-electron chi connectivity index (χ4n) is 1.77. The van der Waals surface area contributed by atoms with Gasteiger partial charge in [0.05, 0.1) is 17.0 Å². The molecule has 2 heterocycles. The van der Waals surface area contributed by atoms with Crippen LogP contribution in [-0.2, 0) is 6.42 Å². The first-order valence-electron chi connectivity index (χ1n) is 6.74. The van der Waals surface area contributed by atoms with Crippen LogP contribution in [0.2, 0.25) is 0 Å². The first-order chi connectivity index (χ1) is 9.35. The van der Waals surface area contributed by atoms with Crippen molar-refractivity contribution in [3.05, 3.63) is 23.3 Å². The van der Waals surface area contributed by atoms with E-state index < -0.39 is 0 Å². The van der Waals surface area contributed by atoms with Gasteiger partial charge in [0.2, 0.25) is 11.8 Å². The molecule has 0 fully saturated rings. The Hall–Kier alpha value is -1.82. The van der Waals surface area contributed by atoms with Gasteiger partial charge in [-0.1, -0.05) is 0 Å². The van der Waals surface area contributed by atoms with Crippen molar-refractivity contribution in [1.29, 1.82) is 0 Å². The number of nitrogens with one attached hydrogen (secondary N) is 1. The Labute approximate surface area is 119 Å². The second-order valence-electron chi connectivity index (χ2n) is 5.91. The van der Waals surface area contributed by atoms with Crippen LogP contribution in [0.1, 0.15) is 38.0 Å². The SMILES string of the molecule is Cc1cc(-c2nnc(CCNC(C)(C)C)o2)c(C)nn1. The van der Waals surface area contributed by atoms with Crippen molar-refractivity contribution in [2.45, 2.75) is 46.6 Å². The Morgan fingerprint density at radius 2 is 1.85 bits per heavy atom. The zero-order valence-electron chi connectivity index (χ0n) is 12.7. The van der Waals surface area contributed by atoms with Crippen LogP contribution < -0.4 is 5.32 Å². The summed E-state index contributed by atoms with van der Waals surface area (Å²) in [5.74, 6) is 1.14. The normalized spacial score (nSPS) is 11.8. The molecule has 20 heavy (non-hydrogen) atoms. The van der Waals surface area contributed by atoms with Crippen LogP contribution in [-0.4, -0.2) is 32.5 Å². The maximum Gasteiger partial charge on any atom is 0.249 e. The molecule has 0 saturated carbocycles. The maximum atomic E-state index is 5.69. The molecule has 0 aliphatic carbocycles. The summed E-state index contributed by atoms with van der Waals surface area (Å²) in [6, 6.07) is 1.91. The summed E-state index contributed by atoms with van der Waals surface area (Å²) in [6.45, 7) is 11.0. The molecule has 0 unspecified atom stereocenters. The third-order valence-corrected chi connectivity index (χ3v) is 2.79. The molecule has 0 spiro atoms. The maximum absolute atomic E-state index is 5.69. The second kappa shape index (κ2) is 5.66. The van der Waals surface area contributed by atoms with Crippen LogP contribution in [0.4, 0.5) is 0 Å². The van der Waals surface area contributed by atoms with Crippen molar-refractivity contribution < 1.29 is 4.42 Å². The first kappa shape index (κ1) is 14.6. The minimum Gasteiger partial charge on any atom is -0.421 e. The van der Waals surface area contributed by atoms with Crippen LogP contribution in [0.3, 0.4) is 0 Å². The molecule has 6 nitrogen and oxygen atoms in total. The number of rotatable bonds is 4. The van der Waals surface area contributed by atoms with E-state index in [9.17, 15) is 0 Å². The fourth-order valence-corrected chi connectivity index (χ4v) is 1.77. The summed E-state index contributed by atoms with van der Waals surface area (Å²) in [4.78, 5) is 0. The van der Waals surface area contributed by atoms with Gasteiger partial charge < -0.3 is 9.73 Å². The largest absolute Gasteiger partial charge is 0.421 e. The van der Waals surface area contributed by atoms with Gasteiger partial charge in [-0.3, -0.25) is 0 Å². The van der Waals surface area contributed by atoms with E-state index in [1.807, 2.05) is 19.9 Å².